The van der Waals surface area contributed by atoms with Gasteiger partial charge in [0.1, 0.15) is 0 Å². The summed E-state index contributed by atoms with van der Waals surface area (Å²) in [5.41, 5.74) is -2.23. The molecule has 0 aromatic carbocycles. The van der Waals surface area contributed by atoms with E-state index in [2.05, 4.69) is 6.92 Å². The summed E-state index contributed by atoms with van der Waals surface area (Å²) in [4.78, 5) is 22.4. The van der Waals surface area contributed by atoms with Crippen LogP contribution < -0.4 is 0 Å². The van der Waals surface area contributed by atoms with Gasteiger partial charge >= 0.3 is 5.97 Å². The van der Waals surface area contributed by atoms with Gasteiger partial charge in [0.15, 0.2) is 5.78 Å². The molecule has 2 N–H and O–H groups in total. The van der Waals surface area contributed by atoms with Crippen LogP contribution in [0.15, 0.2) is 0 Å². The Bertz CT molecular complexity index is 356. The van der Waals surface area contributed by atoms with Crippen molar-refractivity contribution in [1.29, 1.82) is 0 Å². The molecule has 1 unspecified atom stereocenters. The number of carboxylic acid groups (broad SMARTS) is 1. The van der Waals surface area contributed by atoms with Crippen molar-refractivity contribution < 1.29 is 19.8 Å². The maximum absolute atomic E-state index is 11.6. The van der Waals surface area contributed by atoms with Gasteiger partial charge in [-0.1, -0.05) is 96.8 Å². The number of aliphatic carboxylic acids is 1. The summed E-state index contributed by atoms with van der Waals surface area (Å²) < 4.78 is 0. The zero-order valence-corrected chi connectivity index (χ0v) is 17.7. The molecule has 0 bridgehead atoms. The SMILES string of the molecule is CCCCCCCCCCCCCCCCCC(=O)C(C)(O)C(=O)O.Cl. The molecule has 0 saturated carbocycles. The third kappa shape index (κ3) is 14.5. The Balaban J connectivity index is 0. The molecule has 0 rings (SSSR count). The number of halogens is 1. The molecule has 0 aliphatic carbocycles. The Morgan fingerprint density at radius 1 is 0.692 bits per heavy atom. The number of rotatable bonds is 18. The third-order valence-corrected chi connectivity index (χ3v) is 4.97. The van der Waals surface area contributed by atoms with E-state index in [1.165, 1.54) is 77.0 Å². The molecule has 0 amide bonds. The largest absolute Gasteiger partial charge is 0.479 e. The fraction of sp³-hybridized carbons (Fsp3) is 0.905. The first kappa shape index (κ1) is 27.6. The Kier molecular flexibility index (Phi) is 18.9. The van der Waals surface area contributed by atoms with E-state index in [4.69, 9.17) is 5.11 Å². The molecule has 0 aromatic heterocycles. The molecule has 26 heavy (non-hydrogen) atoms. The van der Waals surface area contributed by atoms with Crippen molar-refractivity contribution in [3.63, 3.8) is 0 Å². The highest BCUT2D eigenvalue weighted by molar-refractivity contribution is 6.05. The molecule has 0 radical (unpaired) electrons. The van der Waals surface area contributed by atoms with Crippen LogP contribution in [0, 0.1) is 0 Å². The minimum absolute atomic E-state index is 0. The Labute approximate surface area is 166 Å². The average Bonchev–Trinajstić information content (AvgIpc) is 2.57. The van der Waals surface area contributed by atoms with E-state index >= 15 is 0 Å². The van der Waals surface area contributed by atoms with Gasteiger partial charge in [0.2, 0.25) is 5.60 Å². The van der Waals surface area contributed by atoms with E-state index in [9.17, 15) is 14.7 Å². The van der Waals surface area contributed by atoms with Crippen molar-refractivity contribution in [3.05, 3.63) is 0 Å². The predicted molar refractivity (Wildman–Crippen MR) is 110 cm³/mol. The minimum Gasteiger partial charge on any atom is -0.479 e. The summed E-state index contributed by atoms with van der Waals surface area (Å²) in [6.45, 7) is 3.31. The number of unbranched alkanes of at least 4 members (excludes halogenated alkanes) is 14. The van der Waals surface area contributed by atoms with Crippen molar-refractivity contribution in [2.45, 2.75) is 122 Å². The fourth-order valence-electron chi connectivity index (χ4n) is 3.02. The van der Waals surface area contributed by atoms with Gasteiger partial charge in [-0.15, -0.1) is 12.4 Å². The summed E-state index contributed by atoms with van der Waals surface area (Å²) >= 11 is 0. The molecule has 0 aliphatic rings. The molecular weight excluding hydrogens is 352 g/mol. The highest BCUT2D eigenvalue weighted by Crippen LogP contribution is 2.15. The number of carboxylic acids is 1. The van der Waals surface area contributed by atoms with Crippen LogP contribution in [0.4, 0.5) is 0 Å². The van der Waals surface area contributed by atoms with E-state index in [-0.39, 0.29) is 18.8 Å². The zero-order chi connectivity index (χ0) is 19.0. The first-order chi connectivity index (χ1) is 11.9. The van der Waals surface area contributed by atoms with Crippen molar-refractivity contribution in [2.24, 2.45) is 0 Å². The fourth-order valence-corrected chi connectivity index (χ4v) is 3.02. The van der Waals surface area contributed by atoms with Crippen LogP contribution in [-0.2, 0) is 9.59 Å². The van der Waals surface area contributed by atoms with Crippen LogP contribution in [0.25, 0.3) is 0 Å². The van der Waals surface area contributed by atoms with Crippen LogP contribution in [-0.4, -0.2) is 27.6 Å². The van der Waals surface area contributed by atoms with E-state index in [1.54, 1.807) is 0 Å². The second kappa shape index (κ2) is 17.8. The highest BCUT2D eigenvalue weighted by atomic mass is 35.5. The molecule has 156 valence electrons. The molecule has 0 saturated heterocycles. The maximum Gasteiger partial charge on any atom is 0.343 e. The number of carbonyl (C=O) groups excluding carboxylic acids is 1. The Hall–Kier alpha value is -0.610. The molecule has 1 atom stereocenters. The lowest BCUT2D eigenvalue weighted by atomic mass is 9.96. The van der Waals surface area contributed by atoms with E-state index in [0.717, 1.165) is 19.8 Å². The van der Waals surface area contributed by atoms with Crippen LogP contribution in [0.3, 0.4) is 0 Å². The van der Waals surface area contributed by atoms with Crippen molar-refractivity contribution >= 4 is 24.2 Å². The van der Waals surface area contributed by atoms with Gasteiger partial charge in [-0.2, -0.15) is 0 Å². The van der Waals surface area contributed by atoms with Gasteiger partial charge in [0.05, 0.1) is 0 Å². The summed E-state index contributed by atoms with van der Waals surface area (Å²) in [6, 6.07) is 0. The number of carbonyl (C=O) groups is 2. The zero-order valence-electron chi connectivity index (χ0n) is 16.9. The normalized spacial score (nSPS) is 13.0. The smallest absolute Gasteiger partial charge is 0.343 e. The molecule has 5 heteroatoms. The number of hydrogen-bond acceptors (Lipinski definition) is 3. The van der Waals surface area contributed by atoms with Crippen LogP contribution in [0.1, 0.15) is 117 Å². The molecule has 0 aromatic rings. The maximum atomic E-state index is 11.6. The third-order valence-electron chi connectivity index (χ3n) is 4.97. The molecule has 0 spiro atoms. The second-order valence-electron chi connectivity index (χ2n) is 7.50. The molecule has 0 fully saturated rings. The summed E-state index contributed by atoms with van der Waals surface area (Å²) in [5, 5.41) is 18.3. The number of ketones is 1. The standard InChI is InChI=1S/C21H40O4.ClH/c1-3-4-5-6-7-8-9-10-11-12-13-14-15-16-17-18-19(22)21(2,25)20(23)24;/h25H,3-18H2,1-2H3,(H,23,24);1H. The van der Waals surface area contributed by atoms with Gasteiger partial charge < -0.3 is 10.2 Å². The Morgan fingerprint density at radius 2 is 1.00 bits per heavy atom. The lowest BCUT2D eigenvalue weighted by Crippen LogP contribution is -2.43. The summed E-state index contributed by atoms with van der Waals surface area (Å²) in [7, 11) is 0. The van der Waals surface area contributed by atoms with Crippen LogP contribution >= 0.6 is 12.4 Å². The Morgan fingerprint density at radius 3 is 1.31 bits per heavy atom. The lowest BCUT2D eigenvalue weighted by molar-refractivity contribution is -0.163. The predicted octanol–water partition coefficient (Wildman–Crippen LogP) is 6.07. The van der Waals surface area contributed by atoms with Gasteiger partial charge in [-0.25, -0.2) is 4.79 Å². The highest BCUT2D eigenvalue weighted by Gasteiger charge is 2.37. The topological polar surface area (TPSA) is 74.6 Å². The van der Waals surface area contributed by atoms with Gasteiger partial charge in [-0.3, -0.25) is 4.79 Å². The van der Waals surface area contributed by atoms with Gasteiger partial charge in [-0.05, 0) is 13.3 Å². The number of aliphatic hydroxyl groups is 1. The first-order valence-electron chi connectivity index (χ1n) is 10.4. The summed E-state index contributed by atoms with van der Waals surface area (Å²) in [6.07, 6.45) is 18.9. The number of Topliss-reactive ketones (excluding diaryl/α,β-unsaturated/α-hetero) is 1. The molecule has 0 aliphatic heterocycles. The minimum atomic E-state index is -2.23. The lowest BCUT2D eigenvalue weighted by Gasteiger charge is -2.15. The van der Waals surface area contributed by atoms with Crippen molar-refractivity contribution in [1.82, 2.24) is 0 Å². The van der Waals surface area contributed by atoms with E-state index in [1.807, 2.05) is 0 Å². The summed E-state index contributed by atoms with van der Waals surface area (Å²) in [5.74, 6) is -2.05. The molecular formula is C21H41ClO4. The first-order valence-corrected chi connectivity index (χ1v) is 10.4. The quantitative estimate of drug-likeness (QED) is 0.219. The van der Waals surface area contributed by atoms with Crippen LogP contribution in [0.2, 0.25) is 0 Å². The van der Waals surface area contributed by atoms with Crippen molar-refractivity contribution in [2.75, 3.05) is 0 Å². The van der Waals surface area contributed by atoms with Crippen LogP contribution in [0.5, 0.6) is 0 Å². The van der Waals surface area contributed by atoms with E-state index in [0.29, 0.717) is 6.42 Å². The molecule has 0 heterocycles. The molecule has 4 nitrogen and oxygen atoms in total. The number of hydrogen-bond donors (Lipinski definition) is 2. The monoisotopic (exact) mass is 392 g/mol. The second-order valence-corrected chi connectivity index (χ2v) is 7.50. The van der Waals surface area contributed by atoms with Gasteiger partial charge in [0.25, 0.3) is 0 Å². The van der Waals surface area contributed by atoms with Gasteiger partial charge in [0, 0.05) is 6.42 Å². The average molecular weight is 393 g/mol. The van der Waals surface area contributed by atoms with Crippen molar-refractivity contribution in [3.8, 4) is 0 Å². The van der Waals surface area contributed by atoms with E-state index < -0.39 is 17.4 Å².